The van der Waals surface area contributed by atoms with Gasteiger partial charge in [0.2, 0.25) is 0 Å². The lowest BCUT2D eigenvalue weighted by atomic mass is 10.1. The number of nitrogens with zero attached hydrogens (tertiary/aromatic N) is 1. The summed E-state index contributed by atoms with van der Waals surface area (Å²) in [5.41, 5.74) is 7.26. The van der Waals surface area contributed by atoms with Gasteiger partial charge in [0.25, 0.3) is 0 Å². The Labute approximate surface area is 90.5 Å². The summed E-state index contributed by atoms with van der Waals surface area (Å²) in [5.74, 6) is 1.14. The Morgan fingerprint density at radius 1 is 1.53 bits per heavy atom. The Bertz CT molecular complexity index is 326. The van der Waals surface area contributed by atoms with Crippen LogP contribution >= 0.6 is 0 Å². The highest BCUT2D eigenvalue weighted by Gasteiger charge is 2.13. The van der Waals surface area contributed by atoms with Gasteiger partial charge in [-0.05, 0) is 24.5 Å². The highest BCUT2D eigenvalue weighted by atomic mass is 16.3. The van der Waals surface area contributed by atoms with E-state index in [9.17, 15) is 5.11 Å². The maximum atomic E-state index is 9.19. The third-order valence-corrected chi connectivity index (χ3v) is 2.42. The number of hydrogen-bond acceptors (Lipinski definition) is 4. The smallest absolute Gasteiger partial charge is 0.129 e. The minimum absolute atomic E-state index is 0.0276. The molecule has 0 aromatic carbocycles. The molecule has 1 rings (SSSR count). The maximum absolute atomic E-state index is 9.19. The highest BCUT2D eigenvalue weighted by Crippen LogP contribution is 2.16. The van der Waals surface area contributed by atoms with Crippen LogP contribution in [0.4, 0.5) is 11.5 Å². The number of nitrogens with one attached hydrogen (secondary N) is 1. The van der Waals surface area contributed by atoms with E-state index in [1.54, 1.807) is 6.20 Å². The van der Waals surface area contributed by atoms with Gasteiger partial charge in [-0.1, -0.05) is 13.8 Å². The quantitative estimate of drug-likeness (QED) is 0.701. The number of hydrogen-bond donors (Lipinski definition) is 3. The first-order valence-corrected chi connectivity index (χ1v) is 5.14. The normalized spacial score (nSPS) is 12.9. The first-order valence-electron chi connectivity index (χ1n) is 5.14. The van der Waals surface area contributed by atoms with E-state index in [0.717, 1.165) is 11.4 Å². The van der Waals surface area contributed by atoms with Gasteiger partial charge in [-0.3, -0.25) is 0 Å². The number of aromatic nitrogens is 1. The molecule has 1 heterocycles. The van der Waals surface area contributed by atoms with Crippen LogP contribution in [0.1, 0.15) is 19.4 Å². The summed E-state index contributed by atoms with van der Waals surface area (Å²) >= 11 is 0. The van der Waals surface area contributed by atoms with Crippen LogP contribution < -0.4 is 11.1 Å². The Balaban J connectivity index is 2.79. The molecule has 84 valence electrons. The van der Waals surface area contributed by atoms with Gasteiger partial charge >= 0.3 is 0 Å². The van der Waals surface area contributed by atoms with Crippen LogP contribution in [0.5, 0.6) is 0 Å². The van der Waals surface area contributed by atoms with E-state index in [4.69, 9.17) is 5.73 Å². The Morgan fingerprint density at radius 2 is 2.20 bits per heavy atom. The molecule has 1 atom stereocenters. The van der Waals surface area contributed by atoms with E-state index >= 15 is 0 Å². The molecule has 1 unspecified atom stereocenters. The molecule has 4 heteroatoms. The molecule has 0 aliphatic carbocycles. The number of nitrogens with two attached hydrogens (primary N) is 1. The molecular weight excluding hydrogens is 190 g/mol. The summed E-state index contributed by atoms with van der Waals surface area (Å²) in [6.07, 6.45) is 1.62. The van der Waals surface area contributed by atoms with E-state index in [0.29, 0.717) is 11.6 Å². The van der Waals surface area contributed by atoms with Crippen molar-refractivity contribution < 1.29 is 5.11 Å². The third kappa shape index (κ3) is 3.09. The molecule has 0 spiro atoms. The van der Waals surface area contributed by atoms with E-state index in [2.05, 4.69) is 24.1 Å². The van der Waals surface area contributed by atoms with Gasteiger partial charge in [-0.25, -0.2) is 4.98 Å². The fourth-order valence-corrected chi connectivity index (χ4v) is 1.35. The van der Waals surface area contributed by atoms with Crippen LogP contribution in [0, 0.1) is 12.8 Å². The number of rotatable bonds is 4. The zero-order chi connectivity index (χ0) is 11.4. The summed E-state index contributed by atoms with van der Waals surface area (Å²) < 4.78 is 0. The van der Waals surface area contributed by atoms with E-state index in [-0.39, 0.29) is 12.6 Å². The van der Waals surface area contributed by atoms with Crippen molar-refractivity contribution in [3.05, 3.63) is 17.8 Å². The standard InChI is InChI=1S/C11H19N3O/c1-7(2)10(6-15)14-11-8(3)4-9(12)5-13-11/h4-5,7,10,15H,6,12H2,1-3H3,(H,13,14). The van der Waals surface area contributed by atoms with Gasteiger partial charge in [0.15, 0.2) is 0 Å². The lowest BCUT2D eigenvalue weighted by Crippen LogP contribution is -2.30. The monoisotopic (exact) mass is 209 g/mol. The van der Waals surface area contributed by atoms with Crippen LogP contribution in [-0.2, 0) is 0 Å². The van der Waals surface area contributed by atoms with Crippen molar-refractivity contribution in [1.29, 1.82) is 0 Å². The molecule has 4 N–H and O–H groups in total. The molecule has 0 aliphatic rings. The zero-order valence-corrected chi connectivity index (χ0v) is 9.49. The molecule has 15 heavy (non-hydrogen) atoms. The minimum Gasteiger partial charge on any atom is -0.397 e. The second-order valence-electron chi connectivity index (χ2n) is 4.11. The topological polar surface area (TPSA) is 71.2 Å². The van der Waals surface area contributed by atoms with Gasteiger partial charge in [-0.15, -0.1) is 0 Å². The SMILES string of the molecule is Cc1cc(N)cnc1NC(CO)C(C)C. The molecule has 0 amide bonds. The average Bonchev–Trinajstić information content (AvgIpc) is 2.16. The van der Waals surface area contributed by atoms with Crippen molar-refractivity contribution in [3.8, 4) is 0 Å². The average molecular weight is 209 g/mol. The van der Waals surface area contributed by atoms with Crippen LogP contribution in [0.15, 0.2) is 12.3 Å². The molecular formula is C11H19N3O. The molecule has 4 nitrogen and oxygen atoms in total. The lowest BCUT2D eigenvalue weighted by Gasteiger charge is -2.21. The number of nitrogen functional groups attached to an aromatic ring is 1. The Hall–Kier alpha value is -1.29. The van der Waals surface area contributed by atoms with Crippen LogP contribution in [0.25, 0.3) is 0 Å². The number of pyridine rings is 1. The Kier molecular flexibility index (Phi) is 3.91. The summed E-state index contributed by atoms with van der Waals surface area (Å²) in [6, 6.07) is 1.89. The summed E-state index contributed by atoms with van der Waals surface area (Å²) in [5, 5.41) is 12.4. The van der Waals surface area contributed by atoms with Crippen molar-refractivity contribution in [3.63, 3.8) is 0 Å². The molecule has 0 saturated heterocycles. The number of anilines is 2. The zero-order valence-electron chi connectivity index (χ0n) is 9.49. The van der Waals surface area contributed by atoms with E-state index < -0.39 is 0 Å². The molecule has 1 aromatic rings. The molecule has 0 aliphatic heterocycles. The van der Waals surface area contributed by atoms with Crippen molar-refractivity contribution in [1.82, 2.24) is 4.98 Å². The number of aryl methyl sites for hydroxylation is 1. The number of aliphatic hydroxyl groups excluding tert-OH is 1. The second kappa shape index (κ2) is 4.98. The molecule has 0 fully saturated rings. The molecule has 0 saturated carbocycles. The predicted octanol–water partition coefficient (Wildman–Crippen LogP) is 1.40. The molecule has 1 aromatic heterocycles. The summed E-state index contributed by atoms with van der Waals surface area (Å²) in [4.78, 5) is 4.20. The fourth-order valence-electron chi connectivity index (χ4n) is 1.35. The van der Waals surface area contributed by atoms with Crippen LogP contribution in [0.3, 0.4) is 0 Å². The van der Waals surface area contributed by atoms with Gasteiger partial charge in [0, 0.05) is 0 Å². The van der Waals surface area contributed by atoms with Gasteiger partial charge in [0.1, 0.15) is 5.82 Å². The molecule has 0 bridgehead atoms. The Morgan fingerprint density at radius 3 is 2.67 bits per heavy atom. The van der Waals surface area contributed by atoms with Gasteiger partial charge < -0.3 is 16.2 Å². The summed E-state index contributed by atoms with van der Waals surface area (Å²) in [7, 11) is 0. The maximum Gasteiger partial charge on any atom is 0.129 e. The molecule has 0 radical (unpaired) electrons. The summed E-state index contributed by atoms with van der Waals surface area (Å²) in [6.45, 7) is 6.16. The third-order valence-electron chi connectivity index (χ3n) is 2.42. The van der Waals surface area contributed by atoms with Crippen LogP contribution in [0.2, 0.25) is 0 Å². The fraction of sp³-hybridized carbons (Fsp3) is 0.545. The second-order valence-corrected chi connectivity index (χ2v) is 4.11. The van der Waals surface area contributed by atoms with Crippen molar-refractivity contribution in [2.75, 3.05) is 17.7 Å². The van der Waals surface area contributed by atoms with Crippen molar-refractivity contribution >= 4 is 11.5 Å². The van der Waals surface area contributed by atoms with Gasteiger partial charge in [-0.2, -0.15) is 0 Å². The van der Waals surface area contributed by atoms with E-state index in [1.165, 1.54) is 0 Å². The number of aliphatic hydroxyl groups is 1. The highest BCUT2D eigenvalue weighted by molar-refractivity contribution is 5.51. The van der Waals surface area contributed by atoms with Crippen molar-refractivity contribution in [2.24, 2.45) is 5.92 Å². The van der Waals surface area contributed by atoms with Gasteiger partial charge in [0.05, 0.1) is 24.5 Å². The first kappa shape index (κ1) is 11.8. The van der Waals surface area contributed by atoms with Crippen molar-refractivity contribution in [2.45, 2.75) is 26.8 Å². The lowest BCUT2D eigenvalue weighted by molar-refractivity contribution is 0.249. The van der Waals surface area contributed by atoms with E-state index in [1.807, 2.05) is 13.0 Å². The first-order chi connectivity index (χ1) is 7.04. The minimum atomic E-state index is 0.0276. The largest absolute Gasteiger partial charge is 0.397 e. The van der Waals surface area contributed by atoms with Crippen LogP contribution in [-0.4, -0.2) is 22.7 Å². The predicted molar refractivity (Wildman–Crippen MR) is 62.7 cm³/mol.